The molecule has 0 saturated heterocycles. The summed E-state index contributed by atoms with van der Waals surface area (Å²) in [5.41, 5.74) is 7.09. The molecule has 1 saturated carbocycles. The van der Waals surface area contributed by atoms with Gasteiger partial charge in [0.25, 0.3) is 0 Å². The Morgan fingerprint density at radius 1 is 1.35 bits per heavy atom. The minimum atomic E-state index is -0.102. The van der Waals surface area contributed by atoms with Crippen LogP contribution < -0.4 is 5.73 Å². The zero-order chi connectivity index (χ0) is 12.4. The van der Waals surface area contributed by atoms with Crippen molar-refractivity contribution in [3.8, 4) is 0 Å². The van der Waals surface area contributed by atoms with Gasteiger partial charge in [0.15, 0.2) is 5.82 Å². The second-order valence-corrected chi connectivity index (χ2v) is 5.60. The van der Waals surface area contributed by atoms with Crippen molar-refractivity contribution in [1.29, 1.82) is 0 Å². The normalized spacial score (nSPS) is 18.5. The number of nitrogens with two attached hydrogens (primary N) is 1. The van der Waals surface area contributed by atoms with E-state index in [1.165, 1.54) is 25.7 Å². The average Bonchev–Trinajstić information content (AvgIpc) is 2.85. The lowest BCUT2D eigenvalue weighted by Gasteiger charge is -2.16. The molecule has 5 heteroatoms. The van der Waals surface area contributed by atoms with Gasteiger partial charge in [0, 0.05) is 13.0 Å². The largest absolute Gasteiger partial charge is 0.383 e. The fourth-order valence-corrected chi connectivity index (χ4v) is 2.94. The van der Waals surface area contributed by atoms with E-state index >= 15 is 0 Å². The lowest BCUT2D eigenvalue weighted by Crippen LogP contribution is -2.12. The molecule has 0 radical (unpaired) electrons. The molecule has 1 aliphatic rings. The minimum Gasteiger partial charge on any atom is -0.383 e. The third kappa shape index (κ3) is 2.70. The Labute approximate surface area is 115 Å². The Morgan fingerprint density at radius 2 is 2.00 bits per heavy atom. The van der Waals surface area contributed by atoms with Crippen molar-refractivity contribution >= 4 is 28.4 Å². The van der Waals surface area contributed by atoms with Gasteiger partial charge in [-0.1, -0.05) is 12.8 Å². The van der Waals surface area contributed by atoms with E-state index in [4.69, 9.17) is 10.5 Å². The Kier molecular flexibility index (Phi) is 4.19. The Bertz CT molecular complexity index is 405. The molecule has 1 aromatic heterocycles. The third-order valence-electron chi connectivity index (χ3n) is 3.38. The maximum Gasteiger partial charge on any atom is 0.159 e. The first-order valence-corrected chi connectivity index (χ1v) is 7.07. The van der Waals surface area contributed by atoms with Crippen LogP contribution in [0.15, 0.2) is 0 Å². The molecule has 0 bridgehead atoms. The van der Waals surface area contributed by atoms with E-state index < -0.39 is 0 Å². The van der Waals surface area contributed by atoms with Crippen LogP contribution in [0.5, 0.6) is 0 Å². The Hall–Kier alpha value is -0.430. The maximum absolute atomic E-state index is 5.97. The molecular weight excluding hydrogens is 329 g/mol. The highest BCUT2D eigenvalue weighted by atomic mass is 127. The van der Waals surface area contributed by atoms with E-state index in [-0.39, 0.29) is 6.10 Å². The molecule has 0 spiro atoms. The molecule has 1 fully saturated rings. The highest BCUT2D eigenvalue weighted by Crippen LogP contribution is 2.36. The summed E-state index contributed by atoms with van der Waals surface area (Å²) >= 11 is 2.26. The highest BCUT2D eigenvalue weighted by molar-refractivity contribution is 14.1. The lowest BCUT2D eigenvalue weighted by molar-refractivity contribution is 0.112. The van der Waals surface area contributed by atoms with Crippen LogP contribution in [0, 0.1) is 3.57 Å². The van der Waals surface area contributed by atoms with Crippen molar-refractivity contribution in [1.82, 2.24) is 9.97 Å². The fourth-order valence-electron chi connectivity index (χ4n) is 2.26. The van der Waals surface area contributed by atoms with Gasteiger partial charge in [0.1, 0.15) is 11.9 Å². The lowest BCUT2D eigenvalue weighted by atomic mass is 10.0. The van der Waals surface area contributed by atoms with Crippen LogP contribution in [0.3, 0.4) is 0 Å². The van der Waals surface area contributed by atoms with E-state index in [0.29, 0.717) is 17.6 Å². The summed E-state index contributed by atoms with van der Waals surface area (Å²) in [5, 5.41) is 0. The summed E-state index contributed by atoms with van der Waals surface area (Å²) in [6.07, 6.45) is 4.91. The molecule has 0 amide bonds. The van der Waals surface area contributed by atoms with Crippen LogP contribution in [0.4, 0.5) is 5.82 Å². The van der Waals surface area contributed by atoms with Crippen molar-refractivity contribution in [3.05, 3.63) is 15.1 Å². The van der Waals surface area contributed by atoms with Crippen molar-refractivity contribution in [2.75, 3.05) is 12.8 Å². The van der Waals surface area contributed by atoms with E-state index in [1.54, 1.807) is 7.11 Å². The number of aromatic nitrogens is 2. The SMILES string of the molecule is COC(C)c1nc(N)c(I)c(C2CCCC2)n1. The Morgan fingerprint density at radius 3 is 2.59 bits per heavy atom. The summed E-state index contributed by atoms with van der Waals surface area (Å²) in [5.74, 6) is 1.84. The van der Waals surface area contributed by atoms with E-state index in [1.807, 2.05) is 6.92 Å². The van der Waals surface area contributed by atoms with E-state index in [2.05, 4.69) is 32.6 Å². The van der Waals surface area contributed by atoms with Gasteiger partial charge in [0.05, 0.1) is 9.26 Å². The molecule has 1 heterocycles. The first kappa shape index (κ1) is 13.0. The molecule has 1 unspecified atom stereocenters. The van der Waals surface area contributed by atoms with Crippen LogP contribution in [0.2, 0.25) is 0 Å². The summed E-state index contributed by atoms with van der Waals surface area (Å²) in [4.78, 5) is 8.97. The van der Waals surface area contributed by atoms with Crippen molar-refractivity contribution < 1.29 is 4.74 Å². The number of methoxy groups -OCH3 is 1. The van der Waals surface area contributed by atoms with Gasteiger partial charge < -0.3 is 10.5 Å². The highest BCUT2D eigenvalue weighted by Gasteiger charge is 2.24. The molecule has 4 nitrogen and oxygen atoms in total. The smallest absolute Gasteiger partial charge is 0.159 e. The number of nitrogens with zero attached hydrogens (tertiary/aromatic N) is 2. The number of anilines is 1. The molecule has 94 valence electrons. The summed E-state index contributed by atoms with van der Waals surface area (Å²) in [6.45, 7) is 1.94. The monoisotopic (exact) mass is 347 g/mol. The van der Waals surface area contributed by atoms with Crippen LogP contribution in [-0.4, -0.2) is 17.1 Å². The van der Waals surface area contributed by atoms with Crippen LogP contribution in [0.25, 0.3) is 0 Å². The first-order chi connectivity index (χ1) is 8.13. The number of halogens is 1. The quantitative estimate of drug-likeness (QED) is 0.854. The Balaban J connectivity index is 2.38. The second kappa shape index (κ2) is 5.48. The third-order valence-corrected chi connectivity index (χ3v) is 4.48. The second-order valence-electron chi connectivity index (χ2n) is 4.53. The maximum atomic E-state index is 5.97. The average molecular weight is 347 g/mol. The molecule has 1 aliphatic carbocycles. The van der Waals surface area contributed by atoms with Gasteiger partial charge in [0.2, 0.25) is 0 Å². The predicted octanol–water partition coefficient (Wildman–Crippen LogP) is 3.03. The molecular formula is C12H18IN3O. The number of rotatable bonds is 3. The van der Waals surface area contributed by atoms with Crippen LogP contribution >= 0.6 is 22.6 Å². The van der Waals surface area contributed by atoms with Gasteiger partial charge in [-0.05, 0) is 42.4 Å². The standard InChI is InChI=1S/C12H18IN3O/c1-7(17-2)12-15-10(8-5-3-4-6-8)9(13)11(14)16-12/h7-8H,3-6H2,1-2H3,(H2,14,15,16). The molecule has 1 aromatic rings. The van der Waals surface area contributed by atoms with Gasteiger partial charge in [-0.25, -0.2) is 9.97 Å². The van der Waals surface area contributed by atoms with E-state index in [9.17, 15) is 0 Å². The molecule has 2 N–H and O–H groups in total. The van der Waals surface area contributed by atoms with Crippen LogP contribution in [0.1, 0.15) is 56.1 Å². The first-order valence-electron chi connectivity index (χ1n) is 5.99. The zero-order valence-corrected chi connectivity index (χ0v) is 12.4. The molecule has 2 rings (SSSR count). The topological polar surface area (TPSA) is 61.0 Å². The number of ether oxygens (including phenoxy) is 1. The van der Waals surface area contributed by atoms with Crippen molar-refractivity contribution in [3.63, 3.8) is 0 Å². The number of nitrogen functional groups attached to an aromatic ring is 1. The molecule has 0 aliphatic heterocycles. The molecule has 0 aromatic carbocycles. The number of hydrogen-bond donors (Lipinski definition) is 1. The fraction of sp³-hybridized carbons (Fsp3) is 0.667. The van der Waals surface area contributed by atoms with Gasteiger partial charge in [-0.15, -0.1) is 0 Å². The summed E-state index contributed by atoms with van der Waals surface area (Å²) in [7, 11) is 1.66. The predicted molar refractivity (Wildman–Crippen MR) is 75.8 cm³/mol. The van der Waals surface area contributed by atoms with Crippen molar-refractivity contribution in [2.24, 2.45) is 0 Å². The van der Waals surface area contributed by atoms with Crippen LogP contribution in [-0.2, 0) is 4.74 Å². The summed E-state index contributed by atoms with van der Waals surface area (Å²) < 4.78 is 6.28. The minimum absolute atomic E-state index is 0.102. The van der Waals surface area contributed by atoms with Gasteiger partial charge in [-0.3, -0.25) is 0 Å². The molecule has 1 atom stereocenters. The van der Waals surface area contributed by atoms with Crippen molar-refractivity contribution in [2.45, 2.75) is 44.6 Å². The number of hydrogen-bond acceptors (Lipinski definition) is 4. The molecule has 17 heavy (non-hydrogen) atoms. The van der Waals surface area contributed by atoms with Gasteiger partial charge >= 0.3 is 0 Å². The zero-order valence-electron chi connectivity index (χ0n) is 10.2. The van der Waals surface area contributed by atoms with Gasteiger partial charge in [-0.2, -0.15) is 0 Å². The van der Waals surface area contributed by atoms with E-state index in [0.717, 1.165) is 9.26 Å². The summed E-state index contributed by atoms with van der Waals surface area (Å²) in [6, 6.07) is 0.